The summed E-state index contributed by atoms with van der Waals surface area (Å²) in [7, 11) is 0. The molecule has 0 radical (unpaired) electrons. The topological polar surface area (TPSA) is 49.8 Å². The van der Waals surface area contributed by atoms with Crippen LogP contribution in [-0.4, -0.2) is 11.3 Å². The predicted octanol–water partition coefficient (Wildman–Crippen LogP) is 3.17. The van der Waals surface area contributed by atoms with E-state index in [0.29, 0.717) is 11.7 Å². The quantitative estimate of drug-likeness (QED) is 0.868. The van der Waals surface area contributed by atoms with Gasteiger partial charge in [-0.3, -0.25) is 0 Å². The first-order valence-electron chi connectivity index (χ1n) is 5.22. The molecular formula is C12H13BrN2S. The number of nitrogens with two attached hydrogens (primary N) is 1. The largest absolute Gasteiger partial charge is 0.312 e. The van der Waals surface area contributed by atoms with E-state index in [-0.39, 0.29) is 0 Å². The van der Waals surface area contributed by atoms with Crippen LogP contribution in [0.15, 0.2) is 33.6 Å². The van der Waals surface area contributed by atoms with Crippen LogP contribution in [0, 0.1) is 17.2 Å². The van der Waals surface area contributed by atoms with Gasteiger partial charge in [-0.1, -0.05) is 15.9 Å². The lowest BCUT2D eigenvalue weighted by Gasteiger charge is -2.20. The van der Waals surface area contributed by atoms with E-state index in [2.05, 4.69) is 22.0 Å². The average Bonchev–Trinajstić information content (AvgIpc) is 3.12. The van der Waals surface area contributed by atoms with Gasteiger partial charge in [0, 0.05) is 15.1 Å². The molecule has 1 aliphatic carbocycles. The maximum absolute atomic E-state index is 9.12. The summed E-state index contributed by atoms with van der Waals surface area (Å²) in [6.07, 6.45) is 2.20. The number of hydrogen-bond donors (Lipinski definition) is 1. The lowest BCUT2D eigenvalue weighted by atomic mass is 10.00. The van der Waals surface area contributed by atoms with E-state index < -0.39 is 5.54 Å². The van der Waals surface area contributed by atoms with Crippen LogP contribution in [0.3, 0.4) is 0 Å². The van der Waals surface area contributed by atoms with Crippen LogP contribution in [0.25, 0.3) is 0 Å². The molecule has 4 heteroatoms. The first-order valence-corrected chi connectivity index (χ1v) is 7.00. The van der Waals surface area contributed by atoms with Gasteiger partial charge in [0.05, 0.1) is 6.07 Å². The summed E-state index contributed by atoms with van der Waals surface area (Å²) in [6.45, 7) is 0. The monoisotopic (exact) mass is 296 g/mol. The van der Waals surface area contributed by atoms with Crippen molar-refractivity contribution in [1.29, 1.82) is 5.26 Å². The number of hydrogen-bond acceptors (Lipinski definition) is 3. The third kappa shape index (κ3) is 2.79. The highest BCUT2D eigenvalue weighted by molar-refractivity contribution is 9.10. The van der Waals surface area contributed by atoms with Crippen molar-refractivity contribution in [2.75, 3.05) is 5.75 Å². The molecule has 16 heavy (non-hydrogen) atoms. The zero-order valence-corrected chi connectivity index (χ0v) is 11.2. The zero-order chi connectivity index (χ0) is 11.6. The lowest BCUT2D eigenvalue weighted by Crippen LogP contribution is -2.43. The fourth-order valence-corrected chi connectivity index (χ4v) is 2.87. The molecule has 0 amide bonds. The van der Waals surface area contributed by atoms with Crippen molar-refractivity contribution >= 4 is 27.7 Å². The zero-order valence-electron chi connectivity index (χ0n) is 8.82. The molecule has 2 N–H and O–H groups in total. The standard InChI is InChI=1S/C12H13BrN2S/c13-10-3-5-11(6-4-10)16-8-12(15,7-14)9-1-2-9/h3-6,9H,1-2,8,15H2. The van der Waals surface area contributed by atoms with Crippen LogP contribution in [0.4, 0.5) is 0 Å². The Morgan fingerprint density at radius 2 is 2.06 bits per heavy atom. The van der Waals surface area contributed by atoms with E-state index in [1.165, 1.54) is 0 Å². The Bertz CT molecular complexity index is 408. The second kappa shape index (κ2) is 4.79. The molecule has 0 saturated heterocycles. The van der Waals surface area contributed by atoms with Gasteiger partial charge >= 0.3 is 0 Å². The van der Waals surface area contributed by atoms with E-state index in [1.807, 2.05) is 24.3 Å². The minimum Gasteiger partial charge on any atom is -0.312 e. The summed E-state index contributed by atoms with van der Waals surface area (Å²) in [5.41, 5.74) is 5.45. The van der Waals surface area contributed by atoms with Crippen LogP contribution in [0.1, 0.15) is 12.8 Å². The minimum absolute atomic E-state index is 0.403. The van der Waals surface area contributed by atoms with Crippen LogP contribution < -0.4 is 5.73 Å². The van der Waals surface area contributed by atoms with E-state index >= 15 is 0 Å². The normalized spacial score (nSPS) is 18.8. The summed E-state index contributed by atoms with van der Waals surface area (Å²) in [6, 6.07) is 10.4. The van der Waals surface area contributed by atoms with Gasteiger partial charge in [0.25, 0.3) is 0 Å². The number of thioether (sulfide) groups is 1. The maximum Gasteiger partial charge on any atom is 0.116 e. The fourth-order valence-electron chi connectivity index (χ4n) is 1.57. The first-order chi connectivity index (χ1) is 7.64. The van der Waals surface area contributed by atoms with Crippen molar-refractivity contribution < 1.29 is 0 Å². The molecule has 0 aromatic heterocycles. The van der Waals surface area contributed by atoms with Crippen LogP contribution in [0.2, 0.25) is 0 Å². The van der Waals surface area contributed by atoms with Gasteiger partial charge in [0.2, 0.25) is 0 Å². The van der Waals surface area contributed by atoms with Gasteiger partial charge in [0.1, 0.15) is 5.54 Å². The van der Waals surface area contributed by atoms with E-state index in [1.54, 1.807) is 11.8 Å². The van der Waals surface area contributed by atoms with Gasteiger partial charge in [-0.2, -0.15) is 5.26 Å². The maximum atomic E-state index is 9.12. The highest BCUT2D eigenvalue weighted by Crippen LogP contribution is 2.40. The number of benzene rings is 1. The van der Waals surface area contributed by atoms with Crippen LogP contribution in [-0.2, 0) is 0 Å². The molecule has 1 aromatic carbocycles. The van der Waals surface area contributed by atoms with E-state index in [9.17, 15) is 0 Å². The third-order valence-electron chi connectivity index (χ3n) is 2.81. The van der Waals surface area contributed by atoms with Crippen molar-refractivity contribution in [3.63, 3.8) is 0 Å². The third-order valence-corrected chi connectivity index (χ3v) is 4.56. The molecule has 1 atom stereocenters. The minimum atomic E-state index is -0.641. The molecule has 2 nitrogen and oxygen atoms in total. The molecule has 1 aromatic rings. The molecule has 0 heterocycles. The Kier molecular flexibility index (Phi) is 3.58. The second-order valence-corrected chi connectivity index (χ2v) is 6.13. The van der Waals surface area contributed by atoms with Gasteiger partial charge in [-0.15, -0.1) is 11.8 Å². The first kappa shape index (κ1) is 12.0. The Morgan fingerprint density at radius 3 is 2.56 bits per heavy atom. The van der Waals surface area contributed by atoms with Gasteiger partial charge in [-0.25, -0.2) is 0 Å². The Hall–Kier alpha value is -0.500. The summed E-state index contributed by atoms with van der Waals surface area (Å²) in [5.74, 6) is 1.08. The van der Waals surface area contributed by atoms with Gasteiger partial charge in [-0.05, 0) is 43.0 Å². The van der Waals surface area contributed by atoms with Gasteiger partial charge < -0.3 is 5.73 Å². The summed E-state index contributed by atoms with van der Waals surface area (Å²) >= 11 is 5.06. The highest BCUT2D eigenvalue weighted by Gasteiger charge is 2.42. The van der Waals surface area contributed by atoms with E-state index in [0.717, 1.165) is 22.2 Å². The van der Waals surface area contributed by atoms with Crippen molar-refractivity contribution in [2.45, 2.75) is 23.3 Å². The SMILES string of the molecule is N#CC(N)(CSc1ccc(Br)cc1)C1CC1. The van der Waals surface area contributed by atoms with Crippen molar-refractivity contribution in [2.24, 2.45) is 11.7 Å². The van der Waals surface area contributed by atoms with Crippen LogP contribution in [0.5, 0.6) is 0 Å². The smallest absolute Gasteiger partial charge is 0.116 e. The Labute approximate surface area is 108 Å². The predicted molar refractivity (Wildman–Crippen MR) is 70.1 cm³/mol. The number of halogens is 1. The molecule has 2 rings (SSSR count). The molecule has 0 spiro atoms. The number of nitrogens with zero attached hydrogens (tertiary/aromatic N) is 1. The summed E-state index contributed by atoms with van der Waals surface area (Å²) in [4.78, 5) is 1.16. The number of rotatable bonds is 4. The fraction of sp³-hybridized carbons (Fsp3) is 0.417. The van der Waals surface area contributed by atoms with Gasteiger partial charge in [0.15, 0.2) is 0 Å². The molecule has 0 bridgehead atoms. The van der Waals surface area contributed by atoms with E-state index in [4.69, 9.17) is 11.0 Å². The average molecular weight is 297 g/mol. The molecule has 84 valence electrons. The van der Waals surface area contributed by atoms with Crippen molar-refractivity contribution in [3.05, 3.63) is 28.7 Å². The number of nitriles is 1. The van der Waals surface area contributed by atoms with Crippen molar-refractivity contribution in [1.82, 2.24) is 0 Å². The highest BCUT2D eigenvalue weighted by atomic mass is 79.9. The molecule has 1 aliphatic rings. The Morgan fingerprint density at radius 1 is 1.44 bits per heavy atom. The van der Waals surface area contributed by atoms with Crippen molar-refractivity contribution in [3.8, 4) is 6.07 Å². The Balaban J connectivity index is 1.96. The molecule has 1 unspecified atom stereocenters. The summed E-state index contributed by atoms with van der Waals surface area (Å²) < 4.78 is 1.07. The molecular weight excluding hydrogens is 284 g/mol. The lowest BCUT2D eigenvalue weighted by molar-refractivity contribution is 0.532. The molecule has 1 saturated carbocycles. The molecule has 1 fully saturated rings. The summed E-state index contributed by atoms with van der Waals surface area (Å²) in [5, 5.41) is 9.12. The second-order valence-electron chi connectivity index (χ2n) is 4.17. The van der Waals surface area contributed by atoms with Crippen LogP contribution >= 0.6 is 27.7 Å². The molecule has 0 aliphatic heterocycles.